The lowest BCUT2D eigenvalue weighted by atomic mass is 9.89. The normalized spacial score (nSPS) is 23.6. The maximum absolute atomic E-state index is 6.04. The number of nitrogens with zero attached hydrogens (tertiary/aromatic N) is 1. The van der Waals surface area contributed by atoms with Crippen molar-refractivity contribution >= 4 is 39.2 Å². The van der Waals surface area contributed by atoms with Crippen molar-refractivity contribution in [2.45, 2.75) is 82.8 Å². The summed E-state index contributed by atoms with van der Waals surface area (Å²) in [6, 6.07) is 7.88. The molecule has 0 atom stereocenters. The molecule has 2 saturated carbocycles. The Morgan fingerprint density at radius 1 is 1.04 bits per heavy atom. The van der Waals surface area contributed by atoms with Gasteiger partial charge < -0.3 is 15.6 Å². The second kappa shape index (κ2) is 10.5. The lowest BCUT2D eigenvalue weighted by Gasteiger charge is -2.26. The second-order valence-electron chi connectivity index (χ2n) is 8.79. The molecule has 156 valence electrons. The number of fused-ring (bicyclic) bond motifs is 1. The molecule has 3 N–H and O–H groups in total. The van der Waals surface area contributed by atoms with Crippen LogP contribution in [0.3, 0.4) is 0 Å². The number of benzene rings is 1. The summed E-state index contributed by atoms with van der Waals surface area (Å²) in [4.78, 5) is 0. The minimum atomic E-state index is 0. The molecule has 1 heterocycles. The number of halogens is 2. The Hall–Kier alpha value is -0.550. The van der Waals surface area contributed by atoms with E-state index in [0.29, 0.717) is 12.1 Å². The quantitative estimate of drug-likeness (QED) is 0.562. The van der Waals surface area contributed by atoms with Gasteiger partial charge in [0, 0.05) is 40.2 Å². The van der Waals surface area contributed by atoms with Crippen molar-refractivity contribution in [3.05, 3.63) is 34.4 Å². The first-order valence-electron chi connectivity index (χ1n) is 11.0. The molecule has 5 heteroatoms. The number of hydrogen-bond acceptors (Lipinski definition) is 2. The lowest BCUT2D eigenvalue weighted by Crippen LogP contribution is -2.38. The van der Waals surface area contributed by atoms with E-state index in [1.165, 1.54) is 85.3 Å². The van der Waals surface area contributed by atoms with Gasteiger partial charge in [-0.1, -0.05) is 35.2 Å². The first-order valence-corrected chi connectivity index (χ1v) is 11.7. The summed E-state index contributed by atoms with van der Waals surface area (Å²) in [5.41, 5.74) is 8.93. The second-order valence-corrected chi connectivity index (χ2v) is 9.70. The number of aromatic nitrogens is 1. The zero-order chi connectivity index (χ0) is 18.6. The van der Waals surface area contributed by atoms with Crippen molar-refractivity contribution in [2.24, 2.45) is 11.7 Å². The van der Waals surface area contributed by atoms with E-state index >= 15 is 0 Å². The van der Waals surface area contributed by atoms with Gasteiger partial charge in [0.15, 0.2) is 0 Å². The number of nitrogens with one attached hydrogen (secondary N) is 1. The van der Waals surface area contributed by atoms with Crippen LogP contribution in [-0.2, 0) is 13.0 Å². The van der Waals surface area contributed by atoms with E-state index in [1.807, 2.05) is 0 Å². The minimum Gasteiger partial charge on any atom is -0.347 e. The average Bonchev–Trinajstić information content (AvgIpc) is 3.01. The highest BCUT2D eigenvalue weighted by molar-refractivity contribution is 9.10. The van der Waals surface area contributed by atoms with Crippen LogP contribution in [0, 0.1) is 5.92 Å². The number of hydrogen-bond donors (Lipinski definition) is 2. The summed E-state index contributed by atoms with van der Waals surface area (Å²) in [5.74, 6) is 0.857. The fraction of sp³-hybridized carbons (Fsp3) is 0.652. The van der Waals surface area contributed by atoms with Gasteiger partial charge in [-0.3, -0.25) is 0 Å². The molecule has 0 unspecified atom stereocenters. The highest BCUT2D eigenvalue weighted by Crippen LogP contribution is 2.30. The molecular formula is C23H35BrClN3. The van der Waals surface area contributed by atoms with E-state index in [0.717, 1.165) is 18.9 Å². The fourth-order valence-corrected chi connectivity index (χ4v) is 5.44. The van der Waals surface area contributed by atoms with Gasteiger partial charge in [0.05, 0.1) is 0 Å². The van der Waals surface area contributed by atoms with Crippen LogP contribution >= 0.6 is 28.3 Å². The molecule has 2 aromatic rings. The summed E-state index contributed by atoms with van der Waals surface area (Å²) < 4.78 is 3.72. The van der Waals surface area contributed by atoms with Gasteiger partial charge in [-0.25, -0.2) is 0 Å². The maximum atomic E-state index is 6.04. The molecule has 1 aromatic carbocycles. The molecule has 3 nitrogen and oxygen atoms in total. The smallest absolute Gasteiger partial charge is 0.0484 e. The van der Waals surface area contributed by atoms with Gasteiger partial charge >= 0.3 is 0 Å². The Morgan fingerprint density at radius 2 is 1.79 bits per heavy atom. The Balaban J connectivity index is 0.00000225. The van der Waals surface area contributed by atoms with Crippen molar-refractivity contribution in [3.63, 3.8) is 0 Å². The topological polar surface area (TPSA) is 43.0 Å². The molecule has 0 radical (unpaired) electrons. The van der Waals surface area contributed by atoms with Crippen LogP contribution in [0.25, 0.3) is 10.9 Å². The molecule has 0 spiro atoms. The lowest BCUT2D eigenvalue weighted by molar-refractivity contribution is 0.322. The first-order chi connectivity index (χ1) is 13.2. The zero-order valence-corrected chi connectivity index (χ0v) is 19.2. The van der Waals surface area contributed by atoms with Crippen LogP contribution in [0.5, 0.6) is 0 Å². The summed E-state index contributed by atoms with van der Waals surface area (Å²) in [6.07, 6.45) is 15.4. The van der Waals surface area contributed by atoms with Gasteiger partial charge in [-0.15, -0.1) is 12.4 Å². The van der Waals surface area contributed by atoms with E-state index in [4.69, 9.17) is 5.73 Å². The van der Waals surface area contributed by atoms with Crippen molar-refractivity contribution in [3.8, 4) is 0 Å². The third kappa shape index (κ3) is 5.53. The van der Waals surface area contributed by atoms with Crippen molar-refractivity contribution in [1.82, 2.24) is 9.88 Å². The molecule has 28 heavy (non-hydrogen) atoms. The van der Waals surface area contributed by atoms with Gasteiger partial charge in [0.25, 0.3) is 0 Å². The van der Waals surface area contributed by atoms with Crippen LogP contribution in [0.4, 0.5) is 0 Å². The summed E-state index contributed by atoms with van der Waals surface area (Å²) in [6.45, 7) is 2.25. The molecule has 0 bridgehead atoms. The molecule has 2 aliphatic carbocycles. The SMILES string of the molecule is Cl.NC1CCC(NCCc2cn(CC3CCCCC3)c3ccc(Br)cc23)CC1. The van der Waals surface area contributed by atoms with Gasteiger partial charge in [-0.2, -0.15) is 0 Å². The predicted octanol–water partition coefficient (Wildman–Crippen LogP) is 5.81. The molecule has 0 saturated heterocycles. The standard InChI is InChI=1S/C23H34BrN3.ClH/c24-19-6-11-23-22(14-19)18(12-13-26-21-9-7-20(25)8-10-21)16-27(23)15-17-4-2-1-3-5-17;/h6,11,14,16-17,20-21,26H,1-5,7-10,12-13,15,25H2;1H. The Labute approximate surface area is 184 Å². The largest absolute Gasteiger partial charge is 0.347 e. The zero-order valence-electron chi connectivity index (χ0n) is 16.8. The van der Waals surface area contributed by atoms with Gasteiger partial charge in [0.2, 0.25) is 0 Å². The van der Waals surface area contributed by atoms with E-state index < -0.39 is 0 Å². The monoisotopic (exact) mass is 467 g/mol. The highest BCUT2D eigenvalue weighted by atomic mass is 79.9. The van der Waals surface area contributed by atoms with Gasteiger partial charge in [-0.05, 0) is 81.2 Å². The third-order valence-electron chi connectivity index (χ3n) is 6.70. The van der Waals surface area contributed by atoms with Gasteiger partial charge in [0.1, 0.15) is 0 Å². The highest BCUT2D eigenvalue weighted by Gasteiger charge is 2.19. The van der Waals surface area contributed by atoms with E-state index in [2.05, 4.69) is 50.2 Å². The summed E-state index contributed by atoms with van der Waals surface area (Å²) in [7, 11) is 0. The van der Waals surface area contributed by atoms with Crippen LogP contribution in [0.1, 0.15) is 63.4 Å². The van der Waals surface area contributed by atoms with Crippen molar-refractivity contribution in [1.29, 1.82) is 0 Å². The fourth-order valence-electron chi connectivity index (χ4n) is 5.08. The Kier molecular flexibility index (Phi) is 8.28. The predicted molar refractivity (Wildman–Crippen MR) is 125 cm³/mol. The Bertz CT molecular complexity index is 746. The molecular weight excluding hydrogens is 434 g/mol. The maximum Gasteiger partial charge on any atom is 0.0484 e. The molecule has 2 fully saturated rings. The van der Waals surface area contributed by atoms with Crippen molar-refractivity contribution < 1.29 is 0 Å². The Morgan fingerprint density at radius 3 is 2.54 bits per heavy atom. The molecule has 4 rings (SSSR count). The first kappa shape index (κ1) is 22.1. The van der Waals surface area contributed by atoms with Crippen LogP contribution < -0.4 is 11.1 Å². The molecule has 2 aliphatic rings. The number of rotatable bonds is 6. The van der Waals surface area contributed by atoms with Crippen LogP contribution in [0.15, 0.2) is 28.9 Å². The third-order valence-corrected chi connectivity index (χ3v) is 7.20. The van der Waals surface area contributed by atoms with E-state index in [1.54, 1.807) is 0 Å². The summed E-state index contributed by atoms with van der Waals surface area (Å²) in [5, 5.41) is 5.21. The van der Waals surface area contributed by atoms with Crippen LogP contribution in [-0.4, -0.2) is 23.2 Å². The molecule has 0 aliphatic heterocycles. The average molecular weight is 469 g/mol. The summed E-state index contributed by atoms with van der Waals surface area (Å²) >= 11 is 3.67. The van der Waals surface area contributed by atoms with Crippen molar-refractivity contribution in [2.75, 3.05) is 6.54 Å². The molecule has 1 aromatic heterocycles. The molecule has 0 amide bonds. The number of nitrogens with two attached hydrogens (primary N) is 1. The van der Waals surface area contributed by atoms with E-state index in [-0.39, 0.29) is 12.4 Å². The van der Waals surface area contributed by atoms with Crippen LogP contribution in [0.2, 0.25) is 0 Å². The van der Waals surface area contributed by atoms with E-state index in [9.17, 15) is 0 Å². The minimum absolute atomic E-state index is 0.